The number of H-pyrrole nitrogens is 1. The number of anilines is 1. The van der Waals surface area contributed by atoms with Crippen LogP contribution in [0.2, 0.25) is 0 Å². The number of nitrogens with zero attached hydrogens (tertiary/aromatic N) is 3. The highest BCUT2D eigenvalue weighted by molar-refractivity contribution is 9.10. The molecule has 0 atom stereocenters. The van der Waals surface area contributed by atoms with Gasteiger partial charge in [-0.25, -0.2) is 0 Å². The molecule has 3 aromatic heterocycles. The van der Waals surface area contributed by atoms with Crippen molar-refractivity contribution in [1.29, 1.82) is 0 Å². The Labute approximate surface area is 159 Å². The van der Waals surface area contributed by atoms with E-state index >= 15 is 0 Å². The average Bonchev–Trinajstić information content (AvgIpc) is 3.31. The van der Waals surface area contributed by atoms with Gasteiger partial charge in [0.2, 0.25) is 11.6 Å². The molecule has 1 aliphatic rings. The number of aromatic nitrogens is 4. The Bertz CT molecular complexity index is 836. The maximum atomic E-state index is 4.36. The third-order valence-electron chi connectivity index (χ3n) is 4.43. The van der Waals surface area contributed by atoms with Gasteiger partial charge in [0.15, 0.2) is 0 Å². The summed E-state index contributed by atoms with van der Waals surface area (Å²) >= 11 is 5.74. The molecule has 8 heteroatoms. The number of halogens is 1. The number of fused-ring (bicyclic) bond motifs is 1. The molecule has 0 bridgehead atoms. The number of hydrogen-bond donors (Lipinski definition) is 3. The van der Waals surface area contributed by atoms with E-state index in [2.05, 4.69) is 53.7 Å². The molecule has 3 N–H and O–H groups in total. The lowest BCUT2D eigenvalue weighted by molar-refractivity contribution is 0.666. The summed E-state index contributed by atoms with van der Waals surface area (Å²) in [6.07, 6.45) is 5.40. The molecule has 1 aliphatic carbocycles. The Balaban J connectivity index is 1.20. The van der Waals surface area contributed by atoms with Crippen LogP contribution in [-0.2, 0) is 6.54 Å². The Kier molecular flexibility index (Phi) is 5.00. The molecule has 1 saturated carbocycles. The van der Waals surface area contributed by atoms with E-state index in [-0.39, 0.29) is 0 Å². The van der Waals surface area contributed by atoms with Crippen molar-refractivity contribution in [2.75, 3.05) is 18.4 Å². The minimum atomic E-state index is 0.647. The van der Waals surface area contributed by atoms with Crippen LogP contribution in [-0.4, -0.2) is 33.3 Å². The lowest BCUT2D eigenvalue weighted by Gasteiger charge is -2.05. The third-order valence-corrected chi connectivity index (χ3v) is 7.16. The van der Waals surface area contributed by atoms with Gasteiger partial charge in [0.25, 0.3) is 0 Å². The van der Waals surface area contributed by atoms with Crippen LogP contribution < -0.4 is 10.6 Å². The zero-order valence-electron chi connectivity index (χ0n) is 14.1. The van der Waals surface area contributed by atoms with Crippen molar-refractivity contribution in [3.05, 3.63) is 32.1 Å². The van der Waals surface area contributed by atoms with Crippen molar-refractivity contribution >= 4 is 44.4 Å². The molecule has 0 saturated heterocycles. The molecular formula is C17H21BrN6S. The Morgan fingerprint density at radius 3 is 3.04 bits per heavy atom. The second kappa shape index (κ2) is 7.39. The molecule has 0 amide bonds. The lowest BCUT2D eigenvalue weighted by Crippen LogP contribution is -2.17. The summed E-state index contributed by atoms with van der Waals surface area (Å²) in [5.41, 5.74) is 2.95. The fourth-order valence-corrected chi connectivity index (χ4v) is 5.09. The van der Waals surface area contributed by atoms with E-state index in [0.717, 1.165) is 43.4 Å². The summed E-state index contributed by atoms with van der Waals surface area (Å²) in [5.74, 6) is 1.56. The van der Waals surface area contributed by atoms with Crippen LogP contribution in [0.4, 0.5) is 5.95 Å². The van der Waals surface area contributed by atoms with Crippen molar-refractivity contribution in [3.63, 3.8) is 0 Å². The van der Waals surface area contributed by atoms with Crippen molar-refractivity contribution in [2.24, 2.45) is 0 Å². The first-order valence-corrected chi connectivity index (χ1v) is 10.2. The van der Waals surface area contributed by atoms with E-state index in [1.54, 1.807) is 11.1 Å². The molecule has 0 unspecified atom stereocenters. The molecule has 3 heterocycles. The summed E-state index contributed by atoms with van der Waals surface area (Å²) < 4.78 is 1.34. The summed E-state index contributed by atoms with van der Waals surface area (Å²) in [5, 5.41) is 14.7. The van der Waals surface area contributed by atoms with Crippen LogP contribution in [0.5, 0.6) is 0 Å². The van der Waals surface area contributed by atoms with Crippen LogP contribution in [0.3, 0.4) is 0 Å². The Morgan fingerprint density at radius 2 is 2.24 bits per heavy atom. The number of hydrogen-bond acceptors (Lipinski definition) is 6. The van der Waals surface area contributed by atoms with Crippen molar-refractivity contribution in [3.8, 4) is 0 Å². The number of rotatable bonds is 8. The van der Waals surface area contributed by atoms with Gasteiger partial charge in [-0.2, -0.15) is 10.1 Å². The van der Waals surface area contributed by atoms with E-state index in [4.69, 9.17) is 0 Å². The molecule has 132 valence electrons. The van der Waals surface area contributed by atoms with Crippen LogP contribution >= 0.6 is 27.3 Å². The van der Waals surface area contributed by atoms with Gasteiger partial charge in [-0.1, -0.05) is 0 Å². The zero-order chi connectivity index (χ0) is 17.2. The monoisotopic (exact) mass is 420 g/mol. The highest BCUT2D eigenvalue weighted by Gasteiger charge is 2.29. The molecule has 0 spiro atoms. The van der Waals surface area contributed by atoms with Crippen LogP contribution in [0.15, 0.2) is 16.7 Å². The number of aromatic amines is 1. The minimum Gasteiger partial charge on any atom is -0.356 e. The number of thiophene rings is 1. The second-order valence-electron chi connectivity index (χ2n) is 6.41. The van der Waals surface area contributed by atoms with Crippen LogP contribution in [0.25, 0.3) is 11.2 Å². The molecule has 0 radical (unpaired) electrons. The number of imidazole rings is 1. The van der Waals surface area contributed by atoms with Gasteiger partial charge in [0.05, 0.1) is 11.7 Å². The first kappa shape index (κ1) is 16.9. The highest BCUT2D eigenvalue weighted by atomic mass is 79.9. The van der Waals surface area contributed by atoms with E-state index < -0.39 is 0 Å². The van der Waals surface area contributed by atoms with Crippen LogP contribution in [0.1, 0.15) is 40.5 Å². The maximum absolute atomic E-state index is 4.36. The largest absolute Gasteiger partial charge is 0.356 e. The van der Waals surface area contributed by atoms with Crippen molar-refractivity contribution in [2.45, 2.75) is 38.6 Å². The fourth-order valence-electron chi connectivity index (χ4n) is 2.81. The van der Waals surface area contributed by atoms with Gasteiger partial charge in [-0.3, -0.25) is 0 Å². The Hall–Kier alpha value is -1.51. The van der Waals surface area contributed by atoms with Gasteiger partial charge >= 0.3 is 0 Å². The van der Waals surface area contributed by atoms with Crippen LogP contribution in [0, 0.1) is 6.92 Å². The van der Waals surface area contributed by atoms with E-state index in [1.165, 1.54) is 27.8 Å². The topological polar surface area (TPSA) is 78.5 Å². The van der Waals surface area contributed by atoms with Crippen molar-refractivity contribution in [1.82, 2.24) is 25.5 Å². The lowest BCUT2D eigenvalue weighted by atomic mass is 10.2. The standard InChI is InChI=1S/C17H21BrN6S/c1-10-13(25-15(14(10)18)11-3-4-11)9-19-6-2-7-20-17-22-12-5-8-21-24-16(12)23-17/h5,8,11,19H,2-4,6-7,9H2,1H3,(H2,20,22,23,24). The van der Waals surface area contributed by atoms with Gasteiger partial charge in [0.1, 0.15) is 0 Å². The Morgan fingerprint density at radius 1 is 1.36 bits per heavy atom. The first-order chi connectivity index (χ1) is 12.2. The fraction of sp³-hybridized carbons (Fsp3) is 0.471. The summed E-state index contributed by atoms with van der Waals surface area (Å²) in [6, 6.07) is 1.87. The molecule has 4 rings (SSSR count). The third kappa shape index (κ3) is 3.86. The SMILES string of the molecule is Cc1c(CNCCCNc2nc3nnccc3[nH]2)sc(C2CC2)c1Br. The van der Waals surface area contributed by atoms with Gasteiger partial charge in [0, 0.05) is 27.3 Å². The molecule has 3 aromatic rings. The summed E-state index contributed by atoms with van der Waals surface area (Å²) in [7, 11) is 0. The summed E-state index contributed by atoms with van der Waals surface area (Å²) in [4.78, 5) is 10.6. The molecule has 1 fully saturated rings. The minimum absolute atomic E-state index is 0.647. The summed E-state index contributed by atoms with van der Waals surface area (Å²) in [6.45, 7) is 5.00. The number of nitrogens with one attached hydrogen (secondary N) is 3. The molecule has 0 aromatic carbocycles. The average molecular weight is 421 g/mol. The smallest absolute Gasteiger partial charge is 0.202 e. The van der Waals surface area contributed by atoms with E-state index in [9.17, 15) is 0 Å². The highest BCUT2D eigenvalue weighted by Crippen LogP contribution is 2.48. The zero-order valence-corrected chi connectivity index (χ0v) is 16.5. The molecule has 0 aliphatic heterocycles. The van der Waals surface area contributed by atoms with Crippen molar-refractivity contribution < 1.29 is 0 Å². The van der Waals surface area contributed by atoms with Gasteiger partial charge in [-0.05, 0) is 66.2 Å². The quantitative estimate of drug-likeness (QED) is 0.480. The van der Waals surface area contributed by atoms with E-state index in [0.29, 0.717) is 5.65 Å². The normalized spacial score (nSPS) is 14.3. The maximum Gasteiger partial charge on any atom is 0.202 e. The molecular weight excluding hydrogens is 400 g/mol. The van der Waals surface area contributed by atoms with Gasteiger partial charge < -0.3 is 15.6 Å². The predicted molar refractivity (Wildman–Crippen MR) is 105 cm³/mol. The van der Waals surface area contributed by atoms with E-state index in [1.807, 2.05) is 17.4 Å². The van der Waals surface area contributed by atoms with Gasteiger partial charge in [-0.15, -0.1) is 16.4 Å². The first-order valence-electron chi connectivity index (χ1n) is 8.62. The molecule has 6 nitrogen and oxygen atoms in total. The molecule has 25 heavy (non-hydrogen) atoms. The predicted octanol–water partition coefficient (Wildman–Crippen LogP) is 3.95. The second-order valence-corrected chi connectivity index (χ2v) is 8.34.